The molecule has 0 bridgehead atoms. The highest BCUT2D eigenvalue weighted by Gasteiger charge is 2.08. The average Bonchev–Trinajstić information content (AvgIpc) is 2.29. The molecular formula is C12H14N4. The van der Waals surface area contributed by atoms with E-state index in [0.717, 1.165) is 17.1 Å². The third-order valence-corrected chi connectivity index (χ3v) is 2.42. The summed E-state index contributed by atoms with van der Waals surface area (Å²) in [4.78, 5) is 10.4. The van der Waals surface area contributed by atoms with E-state index in [-0.39, 0.29) is 0 Å². The predicted molar refractivity (Wildman–Crippen MR) is 65.7 cm³/mol. The Kier molecular flexibility index (Phi) is 2.72. The van der Waals surface area contributed by atoms with Crippen molar-refractivity contribution in [2.75, 3.05) is 17.7 Å². The third-order valence-electron chi connectivity index (χ3n) is 2.42. The molecule has 0 aliphatic rings. The molecule has 0 radical (unpaired) electrons. The molecule has 0 aromatic carbocycles. The largest absolute Gasteiger partial charge is 0.397 e. The van der Waals surface area contributed by atoms with Crippen molar-refractivity contribution in [3.05, 3.63) is 42.4 Å². The zero-order valence-electron chi connectivity index (χ0n) is 9.38. The molecule has 0 amide bonds. The van der Waals surface area contributed by atoms with Gasteiger partial charge in [0.1, 0.15) is 5.82 Å². The number of nitrogen functional groups attached to an aromatic ring is 1. The van der Waals surface area contributed by atoms with Crippen molar-refractivity contribution in [2.45, 2.75) is 6.92 Å². The maximum absolute atomic E-state index is 5.67. The van der Waals surface area contributed by atoms with E-state index in [1.165, 1.54) is 0 Å². The van der Waals surface area contributed by atoms with Gasteiger partial charge in [-0.05, 0) is 30.7 Å². The summed E-state index contributed by atoms with van der Waals surface area (Å²) < 4.78 is 0. The molecule has 0 saturated heterocycles. The van der Waals surface area contributed by atoms with Gasteiger partial charge in [-0.3, -0.25) is 4.98 Å². The molecule has 2 aromatic rings. The molecule has 2 rings (SSSR count). The topological polar surface area (TPSA) is 55.0 Å². The Labute approximate surface area is 94.8 Å². The van der Waals surface area contributed by atoms with Crippen LogP contribution in [0.25, 0.3) is 0 Å². The number of rotatable bonds is 2. The summed E-state index contributed by atoms with van der Waals surface area (Å²) >= 11 is 0. The lowest BCUT2D eigenvalue weighted by Crippen LogP contribution is -2.13. The lowest BCUT2D eigenvalue weighted by molar-refractivity contribution is 1.09. The van der Waals surface area contributed by atoms with Crippen LogP contribution in [-0.2, 0) is 0 Å². The third kappa shape index (κ3) is 1.95. The molecule has 2 heterocycles. The van der Waals surface area contributed by atoms with Crippen LogP contribution in [-0.4, -0.2) is 17.0 Å². The fourth-order valence-corrected chi connectivity index (χ4v) is 1.61. The Bertz CT molecular complexity index is 482. The second-order valence-electron chi connectivity index (χ2n) is 3.68. The molecule has 0 saturated carbocycles. The SMILES string of the molecule is Cc1cc(N)cnc1N(C)c1cccnc1. The van der Waals surface area contributed by atoms with E-state index >= 15 is 0 Å². The van der Waals surface area contributed by atoms with Crippen molar-refractivity contribution in [3.8, 4) is 0 Å². The van der Waals surface area contributed by atoms with Gasteiger partial charge in [0.2, 0.25) is 0 Å². The summed E-state index contributed by atoms with van der Waals surface area (Å²) in [5.74, 6) is 0.891. The van der Waals surface area contributed by atoms with Gasteiger partial charge in [-0.1, -0.05) is 0 Å². The Morgan fingerprint density at radius 3 is 2.75 bits per heavy atom. The molecule has 0 unspecified atom stereocenters. The number of nitrogens with two attached hydrogens (primary N) is 1. The number of anilines is 3. The summed E-state index contributed by atoms with van der Waals surface area (Å²) in [6, 6.07) is 5.80. The van der Waals surface area contributed by atoms with Crippen molar-refractivity contribution in [1.29, 1.82) is 0 Å². The van der Waals surface area contributed by atoms with E-state index in [1.54, 1.807) is 18.6 Å². The fourth-order valence-electron chi connectivity index (χ4n) is 1.61. The summed E-state index contributed by atoms with van der Waals surface area (Å²) in [6.45, 7) is 1.99. The van der Waals surface area contributed by atoms with E-state index in [2.05, 4.69) is 9.97 Å². The van der Waals surface area contributed by atoms with Crippen LogP contribution in [0.15, 0.2) is 36.8 Å². The van der Waals surface area contributed by atoms with Gasteiger partial charge in [0, 0.05) is 13.2 Å². The van der Waals surface area contributed by atoms with Gasteiger partial charge in [-0.2, -0.15) is 0 Å². The smallest absolute Gasteiger partial charge is 0.135 e. The Morgan fingerprint density at radius 2 is 2.12 bits per heavy atom. The fraction of sp³-hybridized carbons (Fsp3) is 0.167. The zero-order valence-corrected chi connectivity index (χ0v) is 9.38. The molecule has 2 N–H and O–H groups in total. The van der Waals surface area contributed by atoms with Crippen LogP contribution in [0.2, 0.25) is 0 Å². The van der Waals surface area contributed by atoms with Crippen molar-refractivity contribution in [3.63, 3.8) is 0 Å². The molecular weight excluding hydrogens is 200 g/mol. The van der Waals surface area contributed by atoms with Crippen LogP contribution in [0.5, 0.6) is 0 Å². The van der Waals surface area contributed by atoms with E-state index in [4.69, 9.17) is 5.73 Å². The van der Waals surface area contributed by atoms with Crippen LogP contribution >= 0.6 is 0 Å². The summed E-state index contributed by atoms with van der Waals surface area (Å²) in [6.07, 6.45) is 5.22. The van der Waals surface area contributed by atoms with Gasteiger partial charge in [-0.25, -0.2) is 4.98 Å². The first kappa shape index (κ1) is 10.4. The van der Waals surface area contributed by atoms with Crippen LogP contribution in [0.3, 0.4) is 0 Å². The summed E-state index contributed by atoms with van der Waals surface area (Å²) in [7, 11) is 1.96. The van der Waals surface area contributed by atoms with Gasteiger partial charge in [0.05, 0.1) is 23.8 Å². The minimum atomic E-state index is 0.681. The summed E-state index contributed by atoms with van der Waals surface area (Å²) in [5, 5.41) is 0. The molecule has 0 aliphatic carbocycles. The average molecular weight is 214 g/mol. The van der Waals surface area contributed by atoms with Crippen LogP contribution in [0.4, 0.5) is 17.2 Å². The van der Waals surface area contributed by atoms with E-state index < -0.39 is 0 Å². The van der Waals surface area contributed by atoms with Crippen molar-refractivity contribution in [1.82, 2.24) is 9.97 Å². The highest BCUT2D eigenvalue weighted by atomic mass is 15.2. The standard InChI is InChI=1S/C12H14N4/c1-9-6-10(13)7-15-12(9)16(2)11-4-3-5-14-8-11/h3-8H,13H2,1-2H3. The molecule has 16 heavy (non-hydrogen) atoms. The number of nitrogens with zero attached hydrogens (tertiary/aromatic N) is 3. The number of pyridine rings is 2. The second-order valence-corrected chi connectivity index (χ2v) is 3.68. The highest BCUT2D eigenvalue weighted by molar-refractivity contribution is 5.62. The highest BCUT2D eigenvalue weighted by Crippen LogP contribution is 2.24. The van der Waals surface area contributed by atoms with Crippen molar-refractivity contribution >= 4 is 17.2 Å². The monoisotopic (exact) mass is 214 g/mol. The van der Waals surface area contributed by atoms with Gasteiger partial charge >= 0.3 is 0 Å². The first-order valence-corrected chi connectivity index (χ1v) is 5.04. The van der Waals surface area contributed by atoms with E-state index in [1.807, 2.05) is 37.1 Å². The molecule has 0 fully saturated rings. The Balaban J connectivity index is 2.38. The van der Waals surface area contributed by atoms with Gasteiger partial charge in [-0.15, -0.1) is 0 Å². The zero-order chi connectivity index (χ0) is 11.5. The van der Waals surface area contributed by atoms with Crippen molar-refractivity contribution in [2.24, 2.45) is 0 Å². The number of hydrogen-bond donors (Lipinski definition) is 1. The lowest BCUT2D eigenvalue weighted by atomic mass is 10.2. The molecule has 4 nitrogen and oxygen atoms in total. The van der Waals surface area contributed by atoms with Crippen molar-refractivity contribution < 1.29 is 0 Å². The number of aryl methyl sites for hydroxylation is 1. The maximum atomic E-state index is 5.67. The Hall–Kier alpha value is -2.10. The first-order chi connectivity index (χ1) is 7.68. The number of aromatic nitrogens is 2. The second kappa shape index (κ2) is 4.18. The lowest BCUT2D eigenvalue weighted by Gasteiger charge is -2.19. The minimum absolute atomic E-state index is 0.681. The van der Waals surface area contributed by atoms with E-state index in [9.17, 15) is 0 Å². The Morgan fingerprint density at radius 1 is 1.31 bits per heavy atom. The molecule has 2 aromatic heterocycles. The van der Waals surface area contributed by atoms with Crippen LogP contribution < -0.4 is 10.6 Å². The molecule has 0 spiro atoms. The predicted octanol–water partition coefficient (Wildman–Crippen LogP) is 2.14. The van der Waals surface area contributed by atoms with E-state index in [0.29, 0.717) is 5.69 Å². The number of hydrogen-bond acceptors (Lipinski definition) is 4. The van der Waals surface area contributed by atoms with Gasteiger partial charge in [0.25, 0.3) is 0 Å². The summed E-state index contributed by atoms with van der Waals surface area (Å²) in [5.41, 5.74) is 8.40. The molecule has 82 valence electrons. The van der Waals surface area contributed by atoms with Gasteiger partial charge in [0.15, 0.2) is 0 Å². The van der Waals surface area contributed by atoms with Crippen LogP contribution in [0, 0.1) is 6.92 Å². The quantitative estimate of drug-likeness (QED) is 0.832. The first-order valence-electron chi connectivity index (χ1n) is 5.04. The minimum Gasteiger partial charge on any atom is -0.397 e. The van der Waals surface area contributed by atoms with Crippen LogP contribution in [0.1, 0.15) is 5.56 Å². The molecule has 4 heteroatoms. The molecule has 0 aliphatic heterocycles. The van der Waals surface area contributed by atoms with Gasteiger partial charge < -0.3 is 10.6 Å². The normalized spacial score (nSPS) is 10.1. The maximum Gasteiger partial charge on any atom is 0.135 e. The molecule has 0 atom stereocenters.